The molecule has 2 aromatic rings. The minimum atomic E-state index is -0.467. The molecule has 0 amide bonds. The maximum Gasteiger partial charge on any atom is 0.243 e. The van der Waals surface area contributed by atoms with E-state index in [1.807, 2.05) is 22.6 Å². The van der Waals surface area contributed by atoms with Crippen LogP contribution in [-0.4, -0.2) is 8.70 Å². The van der Waals surface area contributed by atoms with E-state index in [9.17, 15) is 8.78 Å². The maximum absolute atomic E-state index is 13.5. The van der Waals surface area contributed by atoms with Crippen LogP contribution in [0.15, 0.2) is 36.5 Å². The highest BCUT2D eigenvalue weighted by Crippen LogP contribution is 2.17. The zero-order valence-electron chi connectivity index (χ0n) is 9.83. The maximum atomic E-state index is 13.5. The number of hydrogen-bond acceptors (Lipinski definition) is 2. The second-order valence-electron chi connectivity index (χ2n) is 3.84. The first-order chi connectivity index (χ1) is 9.08. The molecule has 0 unspecified atom stereocenters. The molecule has 0 fully saturated rings. The molecule has 0 atom stereocenters. The van der Waals surface area contributed by atoms with E-state index in [2.05, 4.69) is 10.3 Å². The molecule has 3 N–H and O–H groups in total. The lowest BCUT2D eigenvalue weighted by atomic mass is 10.2. The lowest BCUT2D eigenvalue weighted by Crippen LogP contribution is -2.36. The number of nitrogens with zero attached hydrogens (tertiary/aromatic N) is 1. The van der Waals surface area contributed by atoms with E-state index in [1.54, 1.807) is 18.2 Å². The van der Waals surface area contributed by atoms with Gasteiger partial charge in [0.1, 0.15) is 17.5 Å². The molecular formula is C13H11F2IN3+. The molecule has 3 nitrogen and oxygen atoms in total. The number of anilines is 1. The average molecular weight is 374 g/mol. The fraction of sp³-hybridized carbons (Fsp3) is 0.0769. The fourth-order valence-corrected chi connectivity index (χ4v) is 1.99. The van der Waals surface area contributed by atoms with Gasteiger partial charge in [0.05, 0.1) is 11.8 Å². The Morgan fingerprint density at radius 2 is 2.05 bits per heavy atom. The van der Waals surface area contributed by atoms with Crippen LogP contribution in [0.3, 0.4) is 0 Å². The van der Waals surface area contributed by atoms with Crippen molar-refractivity contribution in [3.8, 4) is 0 Å². The van der Waals surface area contributed by atoms with Crippen LogP contribution in [0, 0.1) is 11.6 Å². The van der Waals surface area contributed by atoms with Crippen LogP contribution in [0.1, 0.15) is 11.1 Å². The first kappa shape index (κ1) is 13.9. The summed E-state index contributed by atoms with van der Waals surface area (Å²) < 4.78 is 27.0. The molecule has 1 heterocycles. The highest BCUT2D eigenvalue weighted by Gasteiger charge is 2.12. The Bertz CT molecular complexity index is 617. The van der Waals surface area contributed by atoms with Gasteiger partial charge in [-0.3, -0.25) is 0 Å². The molecule has 0 spiro atoms. The van der Waals surface area contributed by atoms with Gasteiger partial charge in [-0.1, -0.05) is 18.2 Å². The number of halogens is 3. The zero-order chi connectivity index (χ0) is 13.8. The number of rotatable bonds is 4. The monoisotopic (exact) mass is 374 g/mol. The summed E-state index contributed by atoms with van der Waals surface area (Å²) in [6, 6.07) is 7.71. The van der Waals surface area contributed by atoms with Crippen molar-refractivity contribution in [1.82, 2.24) is 4.98 Å². The highest BCUT2D eigenvalue weighted by molar-refractivity contribution is 14.1. The number of nitrogens with two attached hydrogens (primary N) is 1. The van der Waals surface area contributed by atoms with Crippen molar-refractivity contribution in [1.29, 1.82) is 0 Å². The van der Waals surface area contributed by atoms with Crippen molar-refractivity contribution in [2.75, 3.05) is 5.32 Å². The van der Waals surface area contributed by atoms with Gasteiger partial charge in [-0.05, 0) is 12.1 Å². The largest absolute Gasteiger partial charge is 0.365 e. The third kappa shape index (κ3) is 3.46. The molecular weight excluding hydrogens is 363 g/mol. The smallest absolute Gasteiger partial charge is 0.243 e. The van der Waals surface area contributed by atoms with Crippen molar-refractivity contribution in [3.63, 3.8) is 0 Å². The van der Waals surface area contributed by atoms with Crippen molar-refractivity contribution < 1.29 is 14.2 Å². The quantitative estimate of drug-likeness (QED) is 0.635. The second kappa shape index (κ2) is 6.05. The predicted molar refractivity (Wildman–Crippen MR) is 78.0 cm³/mol. The summed E-state index contributed by atoms with van der Waals surface area (Å²) >= 11 is 1.89. The van der Waals surface area contributed by atoms with E-state index in [4.69, 9.17) is 5.41 Å². The Kier molecular flexibility index (Phi) is 4.41. The molecule has 0 aliphatic rings. The summed E-state index contributed by atoms with van der Waals surface area (Å²) in [5, 5.41) is 8.62. The Balaban J connectivity index is 2.20. The van der Waals surface area contributed by atoms with Gasteiger partial charge in [0.2, 0.25) is 3.72 Å². The second-order valence-corrected chi connectivity index (χ2v) is 5.00. The molecule has 0 saturated heterocycles. The summed E-state index contributed by atoms with van der Waals surface area (Å²) in [6.07, 6.45) is 1.09. The normalized spacial score (nSPS) is 10.3. The summed E-state index contributed by atoms with van der Waals surface area (Å²) in [7, 11) is 0. The summed E-state index contributed by atoms with van der Waals surface area (Å²) in [6.45, 7) is 0.252. The van der Waals surface area contributed by atoms with Crippen LogP contribution in [0.4, 0.5) is 14.6 Å². The Hall–Kier alpha value is -1.57. The van der Waals surface area contributed by atoms with Crippen LogP contribution in [0.2, 0.25) is 0 Å². The van der Waals surface area contributed by atoms with Crippen LogP contribution < -0.4 is 10.7 Å². The minimum Gasteiger partial charge on any atom is -0.365 e. The van der Waals surface area contributed by atoms with Crippen LogP contribution in [0.5, 0.6) is 0 Å². The zero-order valence-corrected chi connectivity index (χ0v) is 12.0. The molecule has 1 aromatic carbocycles. The highest BCUT2D eigenvalue weighted by atomic mass is 127. The van der Waals surface area contributed by atoms with Gasteiger partial charge >= 0.3 is 0 Å². The van der Waals surface area contributed by atoms with Gasteiger partial charge in [-0.25, -0.2) is 19.2 Å². The summed E-state index contributed by atoms with van der Waals surface area (Å²) in [5.41, 5.74) is 0.976. The molecule has 98 valence electrons. The number of hydrogen-bond donors (Lipinski definition) is 2. The van der Waals surface area contributed by atoms with Gasteiger partial charge in [-0.2, -0.15) is 0 Å². The van der Waals surface area contributed by atoms with E-state index in [0.29, 0.717) is 20.7 Å². The van der Waals surface area contributed by atoms with Crippen LogP contribution in [-0.2, 0) is 6.54 Å². The van der Waals surface area contributed by atoms with Crippen molar-refractivity contribution in [3.05, 3.63) is 59.3 Å². The fourth-order valence-electron chi connectivity index (χ4n) is 1.58. The number of benzene rings is 1. The number of pyridine rings is 1. The predicted octanol–water partition coefficient (Wildman–Crippen LogP) is 1.91. The van der Waals surface area contributed by atoms with Gasteiger partial charge in [0, 0.05) is 34.7 Å². The molecule has 0 aliphatic carbocycles. The van der Waals surface area contributed by atoms with E-state index in [1.165, 1.54) is 12.1 Å². The molecule has 19 heavy (non-hydrogen) atoms. The summed E-state index contributed by atoms with van der Waals surface area (Å²) in [4.78, 5) is 3.93. The SMILES string of the molecule is [NH2+]=C(I)c1cc(F)cnc1NCc1ccccc1F. The standard InChI is InChI=1S/C13H10F2IN3/c14-9-5-10(12(16)17)13(19-7-9)18-6-8-3-1-2-4-11(8)15/h1-5,7,17H,6H2,(H,18,19)/p+1. The van der Waals surface area contributed by atoms with Crippen LogP contribution in [0.25, 0.3) is 0 Å². The average Bonchev–Trinajstić information content (AvgIpc) is 2.38. The van der Waals surface area contributed by atoms with Gasteiger partial charge < -0.3 is 5.32 Å². The summed E-state index contributed by atoms with van der Waals surface area (Å²) in [5.74, 6) is -0.340. The number of aromatic nitrogens is 1. The van der Waals surface area contributed by atoms with Crippen molar-refractivity contribution in [2.24, 2.45) is 0 Å². The first-order valence-corrected chi connectivity index (χ1v) is 6.57. The van der Waals surface area contributed by atoms with E-state index in [0.717, 1.165) is 6.20 Å². The molecule has 6 heteroatoms. The molecule has 0 bridgehead atoms. The van der Waals surface area contributed by atoms with E-state index >= 15 is 0 Å². The third-order valence-corrected chi connectivity index (χ3v) is 3.10. The van der Waals surface area contributed by atoms with Gasteiger partial charge in [-0.15, -0.1) is 0 Å². The van der Waals surface area contributed by atoms with Gasteiger partial charge in [0.25, 0.3) is 0 Å². The van der Waals surface area contributed by atoms with Crippen molar-refractivity contribution >= 4 is 32.1 Å². The lowest BCUT2D eigenvalue weighted by molar-refractivity contribution is -0.106. The molecule has 0 saturated carbocycles. The Morgan fingerprint density at radius 1 is 1.32 bits per heavy atom. The lowest BCUT2D eigenvalue weighted by Gasteiger charge is -2.09. The topological polar surface area (TPSA) is 50.5 Å². The Morgan fingerprint density at radius 3 is 2.74 bits per heavy atom. The van der Waals surface area contributed by atoms with Gasteiger partial charge in [0.15, 0.2) is 0 Å². The van der Waals surface area contributed by atoms with E-state index in [-0.39, 0.29) is 12.4 Å². The van der Waals surface area contributed by atoms with Crippen LogP contribution >= 0.6 is 22.6 Å². The molecule has 1 aromatic heterocycles. The molecule has 0 radical (unpaired) electrons. The minimum absolute atomic E-state index is 0.252. The van der Waals surface area contributed by atoms with E-state index < -0.39 is 5.82 Å². The van der Waals surface area contributed by atoms with Crippen molar-refractivity contribution in [2.45, 2.75) is 6.54 Å². The third-order valence-electron chi connectivity index (χ3n) is 2.52. The molecule has 2 rings (SSSR count). The molecule has 0 aliphatic heterocycles. The Labute approximate surface area is 122 Å². The number of nitrogens with one attached hydrogen (secondary N) is 1. The first-order valence-electron chi connectivity index (χ1n) is 5.49.